The van der Waals surface area contributed by atoms with Gasteiger partial charge in [0.25, 0.3) is 0 Å². The van der Waals surface area contributed by atoms with Crippen molar-refractivity contribution in [2.75, 3.05) is 14.2 Å². The van der Waals surface area contributed by atoms with Gasteiger partial charge in [-0.2, -0.15) is 0 Å². The van der Waals surface area contributed by atoms with Crippen LogP contribution in [0.5, 0.6) is 11.5 Å². The lowest BCUT2D eigenvalue weighted by molar-refractivity contribution is 0.392. The molecule has 138 valence electrons. The fourth-order valence-electron chi connectivity index (χ4n) is 3.08. The second-order valence-corrected chi connectivity index (χ2v) is 6.29. The first-order valence-electron chi connectivity index (χ1n) is 8.51. The third-order valence-electron chi connectivity index (χ3n) is 4.46. The first-order chi connectivity index (χ1) is 12.5. The van der Waals surface area contributed by atoms with Crippen molar-refractivity contribution in [3.05, 3.63) is 65.1 Å². The molecule has 0 aliphatic heterocycles. The molecule has 0 aliphatic rings. The van der Waals surface area contributed by atoms with Crippen LogP contribution in [-0.4, -0.2) is 23.8 Å². The molecule has 6 nitrogen and oxygen atoms in total. The van der Waals surface area contributed by atoms with Crippen molar-refractivity contribution >= 4 is 0 Å². The quantitative estimate of drug-likeness (QED) is 0.702. The molecule has 2 heterocycles. The number of methoxy groups -OCH3 is 2. The van der Waals surface area contributed by atoms with Gasteiger partial charge in [-0.25, -0.2) is 4.98 Å². The molecule has 0 radical (unpaired) electrons. The number of imidazole rings is 1. The minimum Gasteiger partial charge on any atom is -0.497 e. The highest BCUT2D eigenvalue weighted by Gasteiger charge is 2.20. The molecular formula is C20H25N3O3. The molecule has 2 aromatic heterocycles. The van der Waals surface area contributed by atoms with Crippen LogP contribution in [0.3, 0.4) is 0 Å². The highest BCUT2D eigenvalue weighted by atomic mass is 16.5. The number of aryl methyl sites for hydroxylation is 3. The van der Waals surface area contributed by atoms with Crippen molar-refractivity contribution in [3.63, 3.8) is 0 Å². The Morgan fingerprint density at radius 2 is 1.81 bits per heavy atom. The van der Waals surface area contributed by atoms with E-state index in [9.17, 15) is 0 Å². The summed E-state index contributed by atoms with van der Waals surface area (Å²) in [6.07, 6.45) is 3.74. The van der Waals surface area contributed by atoms with E-state index in [1.807, 2.05) is 49.9 Å². The van der Waals surface area contributed by atoms with Crippen molar-refractivity contribution < 1.29 is 13.9 Å². The van der Waals surface area contributed by atoms with Gasteiger partial charge in [0.15, 0.2) is 0 Å². The lowest BCUT2D eigenvalue weighted by Crippen LogP contribution is -2.25. The fourth-order valence-corrected chi connectivity index (χ4v) is 3.08. The molecule has 3 rings (SSSR count). The van der Waals surface area contributed by atoms with Crippen molar-refractivity contribution in [1.82, 2.24) is 14.9 Å². The van der Waals surface area contributed by atoms with Crippen molar-refractivity contribution in [1.29, 1.82) is 0 Å². The number of furan rings is 1. The molecule has 1 N–H and O–H groups in total. The number of ether oxygens (including phenoxy) is 2. The first-order valence-corrected chi connectivity index (χ1v) is 8.51. The molecule has 1 unspecified atom stereocenters. The minimum absolute atomic E-state index is 0.117. The second-order valence-electron chi connectivity index (χ2n) is 6.29. The normalized spacial score (nSPS) is 12.2. The summed E-state index contributed by atoms with van der Waals surface area (Å²) in [6, 6.07) is 7.81. The van der Waals surface area contributed by atoms with E-state index in [2.05, 4.69) is 16.4 Å². The summed E-state index contributed by atoms with van der Waals surface area (Å²) in [5.74, 6) is 4.25. The molecule has 3 aromatic rings. The Balaban J connectivity index is 1.96. The van der Waals surface area contributed by atoms with Gasteiger partial charge < -0.3 is 18.5 Å². The molecule has 0 saturated carbocycles. The van der Waals surface area contributed by atoms with Gasteiger partial charge in [-0.15, -0.1) is 0 Å². The van der Waals surface area contributed by atoms with E-state index >= 15 is 0 Å². The van der Waals surface area contributed by atoms with Crippen LogP contribution in [-0.2, 0) is 13.6 Å². The Labute approximate surface area is 153 Å². The number of hydrogen-bond acceptors (Lipinski definition) is 5. The third kappa shape index (κ3) is 3.75. The molecule has 0 aliphatic carbocycles. The Morgan fingerprint density at radius 1 is 1.12 bits per heavy atom. The Morgan fingerprint density at radius 3 is 2.31 bits per heavy atom. The van der Waals surface area contributed by atoms with Gasteiger partial charge in [-0.3, -0.25) is 5.32 Å². The molecule has 26 heavy (non-hydrogen) atoms. The Hall–Kier alpha value is -2.73. The van der Waals surface area contributed by atoms with Crippen LogP contribution in [0.1, 0.15) is 34.5 Å². The molecule has 6 heteroatoms. The number of rotatable bonds is 7. The minimum atomic E-state index is -0.117. The van der Waals surface area contributed by atoms with Crippen LogP contribution in [0.2, 0.25) is 0 Å². The first kappa shape index (κ1) is 18.1. The maximum absolute atomic E-state index is 5.64. The lowest BCUT2D eigenvalue weighted by atomic mass is 10.0. The summed E-state index contributed by atoms with van der Waals surface area (Å²) in [5.41, 5.74) is 2.16. The van der Waals surface area contributed by atoms with Gasteiger partial charge in [0, 0.05) is 37.6 Å². The Kier molecular flexibility index (Phi) is 5.32. The molecule has 0 bridgehead atoms. The monoisotopic (exact) mass is 355 g/mol. The van der Waals surface area contributed by atoms with Gasteiger partial charge in [-0.1, -0.05) is 0 Å². The molecule has 0 amide bonds. The van der Waals surface area contributed by atoms with E-state index in [0.29, 0.717) is 6.54 Å². The second kappa shape index (κ2) is 7.66. The number of hydrogen-bond donors (Lipinski definition) is 1. The summed E-state index contributed by atoms with van der Waals surface area (Å²) < 4.78 is 18.5. The van der Waals surface area contributed by atoms with E-state index in [1.54, 1.807) is 20.4 Å². The average molecular weight is 355 g/mol. The SMILES string of the molecule is COc1cc(OC)cc(C(NCc2cc(C)oc2C)c2nccn2C)c1. The highest BCUT2D eigenvalue weighted by Crippen LogP contribution is 2.30. The number of aromatic nitrogens is 2. The Bertz CT molecular complexity index is 860. The molecular weight excluding hydrogens is 330 g/mol. The van der Waals surface area contributed by atoms with E-state index in [1.165, 1.54) is 0 Å². The molecule has 0 fully saturated rings. The van der Waals surface area contributed by atoms with Crippen LogP contribution in [0.4, 0.5) is 0 Å². The summed E-state index contributed by atoms with van der Waals surface area (Å²) in [6.45, 7) is 4.61. The predicted molar refractivity (Wildman–Crippen MR) is 99.6 cm³/mol. The zero-order valence-corrected chi connectivity index (χ0v) is 15.9. The van der Waals surface area contributed by atoms with E-state index < -0.39 is 0 Å². The van der Waals surface area contributed by atoms with E-state index in [-0.39, 0.29) is 6.04 Å². The van der Waals surface area contributed by atoms with Crippen LogP contribution in [0.15, 0.2) is 41.1 Å². The topological polar surface area (TPSA) is 61.5 Å². The van der Waals surface area contributed by atoms with Gasteiger partial charge in [0.05, 0.1) is 20.3 Å². The van der Waals surface area contributed by atoms with Crippen molar-refractivity contribution in [2.24, 2.45) is 7.05 Å². The predicted octanol–water partition coefficient (Wildman–Crippen LogP) is 3.53. The van der Waals surface area contributed by atoms with Crippen molar-refractivity contribution in [3.8, 4) is 11.5 Å². The van der Waals surface area contributed by atoms with Crippen molar-refractivity contribution in [2.45, 2.75) is 26.4 Å². The maximum Gasteiger partial charge on any atom is 0.130 e. The molecule has 0 saturated heterocycles. The average Bonchev–Trinajstić information content (AvgIpc) is 3.19. The van der Waals surface area contributed by atoms with E-state index in [0.717, 1.165) is 40.0 Å². The van der Waals surface area contributed by atoms with Crippen LogP contribution in [0.25, 0.3) is 0 Å². The zero-order chi connectivity index (χ0) is 18.7. The maximum atomic E-state index is 5.64. The largest absolute Gasteiger partial charge is 0.497 e. The summed E-state index contributed by atoms with van der Waals surface area (Å²) >= 11 is 0. The summed E-state index contributed by atoms with van der Waals surface area (Å²) in [7, 11) is 5.29. The van der Waals surface area contributed by atoms with Gasteiger partial charge >= 0.3 is 0 Å². The summed E-state index contributed by atoms with van der Waals surface area (Å²) in [4.78, 5) is 4.54. The zero-order valence-electron chi connectivity index (χ0n) is 15.9. The molecule has 0 spiro atoms. The fraction of sp³-hybridized carbons (Fsp3) is 0.350. The third-order valence-corrected chi connectivity index (χ3v) is 4.46. The van der Waals surface area contributed by atoms with Crippen LogP contribution in [0, 0.1) is 13.8 Å². The van der Waals surface area contributed by atoms with Gasteiger partial charge in [0.2, 0.25) is 0 Å². The van der Waals surface area contributed by atoms with E-state index in [4.69, 9.17) is 13.9 Å². The number of nitrogens with one attached hydrogen (secondary N) is 1. The smallest absolute Gasteiger partial charge is 0.130 e. The molecule has 1 aromatic carbocycles. The lowest BCUT2D eigenvalue weighted by Gasteiger charge is -2.20. The van der Waals surface area contributed by atoms with Crippen LogP contribution < -0.4 is 14.8 Å². The van der Waals surface area contributed by atoms with Gasteiger partial charge in [-0.05, 0) is 37.6 Å². The van der Waals surface area contributed by atoms with Gasteiger partial charge in [0.1, 0.15) is 28.8 Å². The molecule has 1 atom stereocenters. The highest BCUT2D eigenvalue weighted by molar-refractivity contribution is 5.41. The summed E-state index contributed by atoms with van der Waals surface area (Å²) in [5, 5.41) is 3.60. The number of benzene rings is 1. The standard InChI is InChI=1S/C20H25N3O3/c1-13-8-16(14(2)26-13)12-22-19(20-21-6-7-23(20)3)15-9-17(24-4)11-18(10-15)25-5/h6-11,19,22H,12H2,1-5H3. The van der Waals surface area contributed by atoms with Crippen LogP contribution >= 0.6 is 0 Å². The number of nitrogens with zero attached hydrogens (tertiary/aromatic N) is 2.